The van der Waals surface area contributed by atoms with E-state index in [9.17, 15) is 0 Å². The van der Waals surface area contributed by atoms with Gasteiger partial charge >= 0.3 is 0 Å². The topological polar surface area (TPSA) is 64.1 Å². The summed E-state index contributed by atoms with van der Waals surface area (Å²) in [6.07, 6.45) is 4.81. The van der Waals surface area contributed by atoms with Gasteiger partial charge in [0.25, 0.3) is 6.01 Å². The fraction of sp³-hybridized carbons (Fsp3) is 0.533. The lowest BCUT2D eigenvalue weighted by Gasteiger charge is -2.42. The fourth-order valence-electron chi connectivity index (χ4n) is 3.09. The summed E-state index contributed by atoms with van der Waals surface area (Å²) in [7, 11) is 0. The first kappa shape index (κ1) is 12.5. The third-order valence-corrected chi connectivity index (χ3v) is 4.47. The molecular weight excluding hydrogens is 238 g/mol. The van der Waals surface area contributed by atoms with Gasteiger partial charge in [-0.05, 0) is 30.9 Å². The zero-order chi connectivity index (χ0) is 13.3. The molecule has 1 saturated carbocycles. The van der Waals surface area contributed by atoms with E-state index in [1.54, 1.807) is 0 Å². The number of nitrogens with one attached hydrogen (secondary N) is 1. The molecule has 4 nitrogen and oxygen atoms in total. The lowest BCUT2D eigenvalue weighted by molar-refractivity contribution is 0.231. The predicted molar refractivity (Wildman–Crippen MR) is 77.0 cm³/mol. The van der Waals surface area contributed by atoms with Crippen LogP contribution in [0.1, 0.15) is 32.6 Å². The van der Waals surface area contributed by atoms with Crippen LogP contribution in [-0.2, 0) is 0 Å². The second kappa shape index (κ2) is 4.85. The van der Waals surface area contributed by atoms with Crippen LogP contribution in [-0.4, -0.2) is 17.1 Å². The zero-order valence-corrected chi connectivity index (χ0v) is 11.4. The van der Waals surface area contributed by atoms with Crippen molar-refractivity contribution in [2.75, 3.05) is 11.9 Å². The Labute approximate surface area is 113 Å². The quantitative estimate of drug-likeness (QED) is 0.888. The summed E-state index contributed by atoms with van der Waals surface area (Å²) >= 11 is 0. The molecule has 1 aliphatic rings. The van der Waals surface area contributed by atoms with Crippen molar-refractivity contribution in [2.24, 2.45) is 11.7 Å². The number of anilines is 1. The molecule has 102 valence electrons. The van der Waals surface area contributed by atoms with Crippen molar-refractivity contribution in [1.82, 2.24) is 4.98 Å². The molecule has 4 heteroatoms. The van der Waals surface area contributed by atoms with Gasteiger partial charge in [-0.2, -0.15) is 4.98 Å². The lowest BCUT2D eigenvalue weighted by Crippen LogP contribution is -2.52. The SMILES string of the molecule is CC1CCCCC1(CN)Nc1nc2ccccc2o1. The minimum Gasteiger partial charge on any atom is -0.424 e. The van der Waals surface area contributed by atoms with Crippen molar-refractivity contribution in [2.45, 2.75) is 38.1 Å². The van der Waals surface area contributed by atoms with Crippen LogP contribution >= 0.6 is 0 Å². The molecule has 1 aliphatic carbocycles. The van der Waals surface area contributed by atoms with Gasteiger partial charge < -0.3 is 15.5 Å². The highest BCUT2D eigenvalue weighted by molar-refractivity contribution is 5.74. The molecule has 1 fully saturated rings. The Morgan fingerprint density at radius 2 is 2.26 bits per heavy atom. The second-order valence-electron chi connectivity index (χ2n) is 5.62. The van der Waals surface area contributed by atoms with Gasteiger partial charge in [-0.1, -0.05) is 31.9 Å². The summed E-state index contributed by atoms with van der Waals surface area (Å²) in [5.74, 6) is 0.543. The summed E-state index contributed by atoms with van der Waals surface area (Å²) in [6, 6.07) is 8.42. The summed E-state index contributed by atoms with van der Waals surface area (Å²) in [4.78, 5) is 4.50. The van der Waals surface area contributed by atoms with Crippen molar-refractivity contribution < 1.29 is 4.42 Å². The van der Waals surface area contributed by atoms with Crippen molar-refractivity contribution in [1.29, 1.82) is 0 Å². The Hall–Kier alpha value is -1.55. The summed E-state index contributed by atoms with van der Waals surface area (Å²) < 4.78 is 5.77. The molecule has 19 heavy (non-hydrogen) atoms. The summed E-state index contributed by atoms with van der Waals surface area (Å²) in [5, 5.41) is 3.48. The Morgan fingerprint density at radius 1 is 1.42 bits per heavy atom. The van der Waals surface area contributed by atoms with E-state index in [2.05, 4.69) is 17.2 Å². The maximum atomic E-state index is 6.04. The van der Waals surface area contributed by atoms with Gasteiger partial charge in [0, 0.05) is 6.54 Å². The van der Waals surface area contributed by atoms with Crippen molar-refractivity contribution in [3.63, 3.8) is 0 Å². The van der Waals surface area contributed by atoms with Gasteiger partial charge in [-0.25, -0.2) is 0 Å². The first-order valence-corrected chi connectivity index (χ1v) is 7.07. The number of nitrogens with two attached hydrogens (primary N) is 1. The minimum absolute atomic E-state index is 0.0703. The predicted octanol–water partition coefficient (Wildman–Crippen LogP) is 3.15. The van der Waals surface area contributed by atoms with Crippen LogP contribution in [0.15, 0.2) is 28.7 Å². The van der Waals surface area contributed by atoms with E-state index in [0.29, 0.717) is 18.5 Å². The van der Waals surface area contributed by atoms with E-state index in [1.807, 2.05) is 24.3 Å². The van der Waals surface area contributed by atoms with E-state index >= 15 is 0 Å². The number of oxazole rings is 1. The molecule has 2 aromatic rings. The molecule has 3 rings (SSSR count). The molecular formula is C15H21N3O. The molecule has 0 saturated heterocycles. The van der Waals surface area contributed by atoms with Gasteiger partial charge in [-0.15, -0.1) is 0 Å². The molecule has 1 heterocycles. The lowest BCUT2D eigenvalue weighted by atomic mass is 9.73. The highest BCUT2D eigenvalue weighted by atomic mass is 16.4. The maximum Gasteiger partial charge on any atom is 0.296 e. The number of hydrogen-bond donors (Lipinski definition) is 2. The number of aromatic nitrogens is 1. The minimum atomic E-state index is -0.0703. The Balaban J connectivity index is 1.89. The molecule has 2 unspecified atom stereocenters. The van der Waals surface area contributed by atoms with Crippen LogP contribution < -0.4 is 11.1 Å². The van der Waals surface area contributed by atoms with Crippen LogP contribution in [0.25, 0.3) is 11.1 Å². The van der Waals surface area contributed by atoms with Crippen molar-refractivity contribution >= 4 is 17.1 Å². The molecule has 1 aromatic carbocycles. The first-order valence-electron chi connectivity index (χ1n) is 7.07. The molecule has 1 aromatic heterocycles. The van der Waals surface area contributed by atoms with Gasteiger partial charge in [0.2, 0.25) is 0 Å². The summed E-state index contributed by atoms with van der Waals surface area (Å²) in [5.41, 5.74) is 7.68. The first-order chi connectivity index (χ1) is 9.23. The number of fused-ring (bicyclic) bond motifs is 1. The van der Waals surface area contributed by atoms with Crippen LogP contribution in [0, 0.1) is 5.92 Å². The monoisotopic (exact) mass is 259 g/mol. The maximum absolute atomic E-state index is 6.04. The van der Waals surface area contributed by atoms with Crippen LogP contribution in [0.4, 0.5) is 6.01 Å². The highest BCUT2D eigenvalue weighted by Crippen LogP contribution is 2.36. The number of benzene rings is 1. The largest absolute Gasteiger partial charge is 0.424 e. The van der Waals surface area contributed by atoms with Gasteiger partial charge in [0.1, 0.15) is 5.52 Å². The highest BCUT2D eigenvalue weighted by Gasteiger charge is 2.38. The van der Waals surface area contributed by atoms with Crippen LogP contribution in [0.2, 0.25) is 0 Å². The number of rotatable bonds is 3. The van der Waals surface area contributed by atoms with E-state index in [0.717, 1.165) is 17.5 Å². The zero-order valence-electron chi connectivity index (χ0n) is 11.4. The third kappa shape index (κ3) is 2.21. The Morgan fingerprint density at radius 3 is 3.00 bits per heavy atom. The van der Waals surface area contributed by atoms with Crippen LogP contribution in [0.3, 0.4) is 0 Å². The van der Waals surface area contributed by atoms with E-state index < -0.39 is 0 Å². The van der Waals surface area contributed by atoms with Crippen molar-refractivity contribution in [3.05, 3.63) is 24.3 Å². The smallest absolute Gasteiger partial charge is 0.296 e. The molecule has 0 radical (unpaired) electrons. The van der Waals surface area contributed by atoms with Crippen molar-refractivity contribution in [3.8, 4) is 0 Å². The molecule has 0 amide bonds. The number of nitrogens with zero attached hydrogens (tertiary/aromatic N) is 1. The van der Waals surface area contributed by atoms with Gasteiger partial charge in [0.15, 0.2) is 5.58 Å². The fourth-order valence-corrected chi connectivity index (χ4v) is 3.09. The Kier molecular flexibility index (Phi) is 3.19. The van der Waals surface area contributed by atoms with E-state index in [4.69, 9.17) is 10.2 Å². The average Bonchev–Trinajstić information content (AvgIpc) is 2.83. The number of hydrogen-bond acceptors (Lipinski definition) is 4. The molecule has 0 spiro atoms. The van der Waals surface area contributed by atoms with E-state index in [-0.39, 0.29) is 5.54 Å². The normalized spacial score (nSPS) is 27.6. The number of para-hydroxylation sites is 2. The molecule has 0 aliphatic heterocycles. The summed E-state index contributed by atoms with van der Waals surface area (Å²) in [6.45, 7) is 2.88. The van der Waals surface area contributed by atoms with Gasteiger partial charge in [0.05, 0.1) is 5.54 Å². The molecule has 2 atom stereocenters. The molecule has 0 bridgehead atoms. The van der Waals surface area contributed by atoms with Crippen LogP contribution in [0.5, 0.6) is 0 Å². The second-order valence-corrected chi connectivity index (χ2v) is 5.62. The third-order valence-electron chi connectivity index (χ3n) is 4.47. The van der Waals surface area contributed by atoms with E-state index in [1.165, 1.54) is 19.3 Å². The van der Waals surface area contributed by atoms with Gasteiger partial charge in [-0.3, -0.25) is 0 Å². The average molecular weight is 259 g/mol. The standard InChI is InChI=1S/C15H21N3O/c1-11-6-4-5-9-15(11,10-16)18-14-17-12-7-2-3-8-13(12)19-14/h2-3,7-8,11H,4-6,9-10,16H2,1H3,(H,17,18). The Bertz CT molecular complexity index is 532. The molecule has 3 N–H and O–H groups in total.